The molecule has 94 valence electrons. The van der Waals surface area contributed by atoms with Gasteiger partial charge in [-0.15, -0.1) is 0 Å². The van der Waals surface area contributed by atoms with Crippen molar-refractivity contribution in [2.24, 2.45) is 0 Å². The summed E-state index contributed by atoms with van der Waals surface area (Å²) in [6.07, 6.45) is 1.03. The fourth-order valence-electron chi connectivity index (χ4n) is 1.51. The molecule has 0 saturated carbocycles. The van der Waals surface area contributed by atoms with E-state index < -0.39 is 0 Å². The van der Waals surface area contributed by atoms with Gasteiger partial charge in [0.25, 0.3) is 0 Å². The molecule has 17 heavy (non-hydrogen) atoms. The van der Waals surface area contributed by atoms with E-state index in [1.54, 1.807) is 4.90 Å². The Morgan fingerprint density at radius 2 is 2.18 bits per heavy atom. The number of carbonyl (C=O) groups excluding carboxylic acids is 1. The van der Waals surface area contributed by atoms with Gasteiger partial charge in [0.2, 0.25) is 5.91 Å². The Morgan fingerprint density at radius 1 is 1.47 bits per heavy atom. The minimum Gasteiger partial charge on any atom is -0.314 e. The van der Waals surface area contributed by atoms with Crippen LogP contribution in [0, 0.1) is 6.92 Å². The first kappa shape index (κ1) is 13.7. The number of hydrogen-bond donors (Lipinski definition) is 1. The Morgan fingerprint density at radius 3 is 2.76 bits per heavy atom. The number of aryl methyl sites for hydroxylation is 1. The largest absolute Gasteiger partial charge is 0.314 e. The van der Waals surface area contributed by atoms with Crippen molar-refractivity contribution in [2.75, 3.05) is 18.5 Å². The SMILES string of the molecule is CCC(C)NCC(=O)N(C)c1cccc(C)c1. The first-order chi connectivity index (χ1) is 8.04. The van der Waals surface area contributed by atoms with Crippen LogP contribution >= 0.6 is 0 Å². The lowest BCUT2D eigenvalue weighted by Gasteiger charge is -2.19. The molecule has 0 aliphatic rings. The maximum Gasteiger partial charge on any atom is 0.240 e. The smallest absolute Gasteiger partial charge is 0.240 e. The zero-order valence-electron chi connectivity index (χ0n) is 11.2. The molecular formula is C14H22N2O. The molecule has 1 aromatic rings. The average Bonchev–Trinajstić information content (AvgIpc) is 2.34. The number of benzene rings is 1. The molecule has 1 unspecified atom stereocenters. The van der Waals surface area contributed by atoms with Crippen molar-refractivity contribution >= 4 is 11.6 Å². The van der Waals surface area contributed by atoms with Crippen LogP contribution in [0.1, 0.15) is 25.8 Å². The average molecular weight is 234 g/mol. The molecule has 1 N–H and O–H groups in total. The van der Waals surface area contributed by atoms with E-state index in [-0.39, 0.29) is 5.91 Å². The third-order valence-electron chi connectivity index (χ3n) is 2.98. The van der Waals surface area contributed by atoms with Crippen LogP contribution in [0.3, 0.4) is 0 Å². The van der Waals surface area contributed by atoms with Gasteiger partial charge >= 0.3 is 0 Å². The van der Waals surface area contributed by atoms with Gasteiger partial charge in [-0.1, -0.05) is 19.1 Å². The lowest BCUT2D eigenvalue weighted by atomic mass is 10.2. The monoisotopic (exact) mass is 234 g/mol. The number of anilines is 1. The Hall–Kier alpha value is -1.35. The fraction of sp³-hybridized carbons (Fsp3) is 0.500. The van der Waals surface area contributed by atoms with E-state index in [0.717, 1.165) is 17.7 Å². The molecule has 1 rings (SSSR count). The molecule has 1 amide bonds. The number of nitrogens with zero attached hydrogens (tertiary/aromatic N) is 1. The van der Waals surface area contributed by atoms with Gasteiger partial charge in [-0.3, -0.25) is 4.79 Å². The fourth-order valence-corrected chi connectivity index (χ4v) is 1.51. The van der Waals surface area contributed by atoms with E-state index in [4.69, 9.17) is 0 Å². The van der Waals surface area contributed by atoms with Gasteiger partial charge in [0.15, 0.2) is 0 Å². The van der Waals surface area contributed by atoms with Crippen LogP contribution < -0.4 is 10.2 Å². The molecule has 0 aliphatic carbocycles. The lowest BCUT2D eigenvalue weighted by molar-refractivity contribution is -0.117. The third kappa shape index (κ3) is 4.19. The molecule has 0 aliphatic heterocycles. The molecule has 3 heteroatoms. The Labute approximate surface area is 104 Å². The van der Waals surface area contributed by atoms with Gasteiger partial charge in [0, 0.05) is 18.8 Å². The molecule has 0 bridgehead atoms. The predicted octanol–water partition coefficient (Wildman–Crippen LogP) is 2.35. The highest BCUT2D eigenvalue weighted by molar-refractivity contribution is 5.94. The summed E-state index contributed by atoms with van der Waals surface area (Å²) < 4.78 is 0. The summed E-state index contributed by atoms with van der Waals surface area (Å²) in [6.45, 7) is 6.60. The summed E-state index contributed by atoms with van der Waals surface area (Å²) in [5, 5.41) is 3.21. The van der Waals surface area contributed by atoms with Gasteiger partial charge < -0.3 is 10.2 Å². The number of hydrogen-bond acceptors (Lipinski definition) is 2. The Bertz CT molecular complexity index is 376. The minimum atomic E-state index is 0.0934. The minimum absolute atomic E-state index is 0.0934. The van der Waals surface area contributed by atoms with E-state index in [1.807, 2.05) is 38.2 Å². The second-order valence-electron chi connectivity index (χ2n) is 4.48. The zero-order chi connectivity index (χ0) is 12.8. The van der Waals surface area contributed by atoms with Crippen molar-refractivity contribution in [1.29, 1.82) is 0 Å². The van der Waals surface area contributed by atoms with Crippen LogP contribution in [0.4, 0.5) is 5.69 Å². The highest BCUT2D eigenvalue weighted by Crippen LogP contribution is 2.14. The van der Waals surface area contributed by atoms with Gasteiger partial charge in [-0.2, -0.15) is 0 Å². The van der Waals surface area contributed by atoms with Crippen LogP contribution in [0.2, 0.25) is 0 Å². The number of carbonyl (C=O) groups is 1. The molecule has 0 fully saturated rings. The summed E-state index contributed by atoms with van der Waals surface area (Å²) in [5.41, 5.74) is 2.11. The van der Waals surface area contributed by atoms with Gasteiger partial charge in [0.05, 0.1) is 6.54 Å². The third-order valence-corrected chi connectivity index (χ3v) is 2.98. The molecule has 0 spiro atoms. The summed E-state index contributed by atoms with van der Waals surface area (Å²) in [5.74, 6) is 0.0934. The van der Waals surface area contributed by atoms with Crippen molar-refractivity contribution in [2.45, 2.75) is 33.2 Å². The van der Waals surface area contributed by atoms with Crippen molar-refractivity contribution in [1.82, 2.24) is 5.32 Å². The van der Waals surface area contributed by atoms with Gasteiger partial charge in [0.1, 0.15) is 0 Å². The maximum atomic E-state index is 11.9. The summed E-state index contributed by atoms with van der Waals surface area (Å²) in [4.78, 5) is 13.6. The normalized spacial score (nSPS) is 12.2. The zero-order valence-corrected chi connectivity index (χ0v) is 11.2. The summed E-state index contributed by atoms with van der Waals surface area (Å²) in [6, 6.07) is 8.34. The first-order valence-corrected chi connectivity index (χ1v) is 6.11. The summed E-state index contributed by atoms with van der Waals surface area (Å²) >= 11 is 0. The molecule has 1 aromatic carbocycles. The van der Waals surface area contributed by atoms with Crippen LogP contribution in [0.25, 0.3) is 0 Å². The van der Waals surface area contributed by atoms with E-state index in [0.29, 0.717) is 12.6 Å². The lowest BCUT2D eigenvalue weighted by Crippen LogP contribution is -2.38. The highest BCUT2D eigenvalue weighted by Gasteiger charge is 2.11. The molecule has 1 atom stereocenters. The van der Waals surface area contributed by atoms with Crippen LogP contribution in [0.5, 0.6) is 0 Å². The van der Waals surface area contributed by atoms with Crippen molar-refractivity contribution < 1.29 is 4.79 Å². The first-order valence-electron chi connectivity index (χ1n) is 6.11. The predicted molar refractivity (Wildman–Crippen MR) is 72.3 cm³/mol. The Balaban J connectivity index is 2.57. The molecular weight excluding hydrogens is 212 g/mol. The van der Waals surface area contributed by atoms with E-state index >= 15 is 0 Å². The van der Waals surface area contributed by atoms with Crippen LogP contribution in [-0.2, 0) is 4.79 Å². The van der Waals surface area contributed by atoms with Gasteiger partial charge in [-0.05, 0) is 38.0 Å². The molecule has 0 heterocycles. The van der Waals surface area contributed by atoms with Crippen molar-refractivity contribution in [3.63, 3.8) is 0 Å². The Kier molecular flexibility index (Phi) is 5.16. The van der Waals surface area contributed by atoms with Gasteiger partial charge in [-0.25, -0.2) is 0 Å². The van der Waals surface area contributed by atoms with Crippen LogP contribution in [-0.4, -0.2) is 25.5 Å². The maximum absolute atomic E-state index is 11.9. The number of likely N-dealkylation sites (N-methyl/N-ethyl adjacent to an activating group) is 1. The quantitative estimate of drug-likeness (QED) is 0.848. The molecule has 3 nitrogen and oxygen atoms in total. The van der Waals surface area contributed by atoms with E-state index in [1.165, 1.54) is 0 Å². The van der Waals surface area contributed by atoms with Crippen molar-refractivity contribution in [3.05, 3.63) is 29.8 Å². The molecule has 0 aromatic heterocycles. The standard InChI is InChI=1S/C14H22N2O/c1-5-12(3)15-10-14(17)16(4)13-8-6-7-11(2)9-13/h6-9,12,15H,5,10H2,1-4H3. The van der Waals surface area contributed by atoms with E-state index in [9.17, 15) is 4.79 Å². The van der Waals surface area contributed by atoms with Crippen molar-refractivity contribution in [3.8, 4) is 0 Å². The number of amides is 1. The molecule has 0 saturated heterocycles. The topological polar surface area (TPSA) is 32.3 Å². The van der Waals surface area contributed by atoms with E-state index in [2.05, 4.69) is 19.2 Å². The second kappa shape index (κ2) is 6.40. The number of nitrogens with one attached hydrogen (secondary N) is 1. The summed E-state index contributed by atoms with van der Waals surface area (Å²) in [7, 11) is 1.81. The number of rotatable bonds is 5. The molecule has 0 radical (unpaired) electrons. The second-order valence-corrected chi connectivity index (χ2v) is 4.48. The van der Waals surface area contributed by atoms with Crippen LogP contribution in [0.15, 0.2) is 24.3 Å². The highest BCUT2D eigenvalue weighted by atomic mass is 16.2.